The van der Waals surface area contributed by atoms with Gasteiger partial charge in [-0.1, -0.05) is 71.0 Å². The fraction of sp³-hybridized carbons (Fsp3) is 0. The summed E-state index contributed by atoms with van der Waals surface area (Å²) in [6.07, 6.45) is 0. The lowest BCUT2D eigenvalue weighted by Gasteiger charge is -2.13. The monoisotopic (exact) mass is 1430 g/mol. The summed E-state index contributed by atoms with van der Waals surface area (Å²) in [4.78, 5) is 0. The van der Waals surface area contributed by atoms with Crippen LogP contribution >= 0.6 is 136 Å². The summed E-state index contributed by atoms with van der Waals surface area (Å²) >= 11 is 13.9. The molecule has 6 heteroatoms. The minimum atomic E-state index is 0.642. The molecule has 0 aliphatic heterocycles. The van der Waals surface area contributed by atoms with Crippen LogP contribution in [-0.2, 0) is 0 Å². The average Bonchev–Trinajstić information content (AvgIpc) is 3.26. The zero-order chi connectivity index (χ0) is 41.8. The standard InChI is InChI=1S/C54H24I6/c55-43-19-1-37(2-20-43)13-31-49-50(32-14-38-3-21-44(56)22-4-38)52(34-16-40-7-25-46(58)26-8-40)54(36-18-42-11-29-48(60)30-12-42)53(35-17-41-9-27-47(59)28-10-41)51(49)33-15-39-5-23-45(57)24-6-39/h1-12,19-30H. The molecule has 0 unspecified atom stereocenters. The van der Waals surface area contributed by atoms with Crippen LogP contribution in [0.5, 0.6) is 0 Å². The lowest BCUT2D eigenvalue weighted by atomic mass is 9.86. The molecule has 0 aliphatic rings. The fourth-order valence-electron chi connectivity index (χ4n) is 5.51. The zero-order valence-electron chi connectivity index (χ0n) is 31.1. The summed E-state index contributed by atoms with van der Waals surface area (Å²) in [7, 11) is 0. The van der Waals surface area contributed by atoms with E-state index < -0.39 is 0 Å². The summed E-state index contributed by atoms with van der Waals surface area (Å²) in [6.45, 7) is 0. The first kappa shape index (κ1) is 44.3. The van der Waals surface area contributed by atoms with E-state index in [0.29, 0.717) is 33.4 Å². The molecule has 0 saturated heterocycles. The lowest BCUT2D eigenvalue weighted by molar-refractivity contribution is 1.43. The van der Waals surface area contributed by atoms with Gasteiger partial charge in [-0.2, -0.15) is 0 Å². The normalized spacial score (nSPS) is 9.70. The molecule has 0 nitrogen and oxygen atoms in total. The van der Waals surface area contributed by atoms with Gasteiger partial charge in [-0.15, -0.1) is 0 Å². The molecule has 282 valence electrons. The molecule has 0 atom stereocenters. The van der Waals surface area contributed by atoms with E-state index in [2.05, 4.69) is 279 Å². The molecule has 0 spiro atoms. The Bertz CT molecular complexity index is 2530. The van der Waals surface area contributed by atoms with Crippen LogP contribution in [0.4, 0.5) is 0 Å². The van der Waals surface area contributed by atoms with Crippen LogP contribution in [0.3, 0.4) is 0 Å². The second-order valence-electron chi connectivity index (χ2n) is 12.8. The van der Waals surface area contributed by atoms with E-state index in [9.17, 15) is 0 Å². The molecule has 7 aromatic carbocycles. The lowest BCUT2D eigenvalue weighted by Crippen LogP contribution is -2.05. The van der Waals surface area contributed by atoms with Crippen molar-refractivity contribution >= 4 is 136 Å². The van der Waals surface area contributed by atoms with Crippen molar-refractivity contribution in [3.05, 3.63) is 234 Å². The average molecular weight is 1430 g/mol. The Balaban J connectivity index is 1.66. The molecule has 0 aliphatic carbocycles. The minimum Gasteiger partial charge on any atom is -0.0616 e. The summed E-state index contributed by atoms with van der Waals surface area (Å²) in [5.41, 5.74) is 9.04. The van der Waals surface area contributed by atoms with Crippen molar-refractivity contribution in [1.29, 1.82) is 0 Å². The fourth-order valence-corrected chi connectivity index (χ4v) is 7.66. The quantitative estimate of drug-likeness (QED) is 0.105. The molecule has 0 N–H and O–H groups in total. The van der Waals surface area contributed by atoms with Crippen LogP contribution in [0, 0.1) is 92.5 Å². The predicted molar refractivity (Wildman–Crippen MR) is 297 cm³/mol. The second-order valence-corrected chi connectivity index (χ2v) is 20.3. The van der Waals surface area contributed by atoms with E-state index >= 15 is 0 Å². The van der Waals surface area contributed by atoms with Gasteiger partial charge in [0.1, 0.15) is 0 Å². The van der Waals surface area contributed by atoms with E-state index in [1.165, 1.54) is 0 Å². The molecular formula is C54H24I6. The largest absolute Gasteiger partial charge is 0.0616 e. The van der Waals surface area contributed by atoms with Gasteiger partial charge >= 0.3 is 0 Å². The third kappa shape index (κ3) is 12.7. The third-order valence-corrected chi connectivity index (χ3v) is 12.9. The first-order valence-corrected chi connectivity index (χ1v) is 24.5. The molecule has 0 amide bonds. The number of halogens is 6. The topological polar surface area (TPSA) is 0 Å². The van der Waals surface area contributed by atoms with E-state index in [-0.39, 0.29) is 0 Å². The van der Waals surface area contributed by atoms with E-state index in [1.54, 1.807) is 0 Å². The van der Waals surface area contributed by atoms with E-state index in [1.807, 2.05) is 72.8 Å². The van der Waals surface area contributed by atoms with Gasteiger partial charge in [-0.3, -0.25) is 0 Å². The second kappa shape index (κ2) is 21.9. The van der Waals surface area contributed by atoms with Gasteiger partial charge in [-0.05, 0) is 281 Å². The Morgan fingerprint density at radius 2 is 0.283 bits per heavy atom. The van der Waals surface area contributed by atoms with Crippen LogP contribution in [0.15, 0.2) is 146 Å². The molecule has 0 heterocycles. The van der Waals surface area contributed by atoms with Crippen molar-refractivity contribution in [3.63, 3.8) is 0 Å². The van der Waals surface area contributed by atoms with Crippen molar-refractivity contribution in [2.75, 3.05) is 0 Å². The van der Waals surface area contributed by atoms with E-state index in [4.69, 9.17) is 0 Å². The van der Waals surface area contributed by atoms with Crippen LogP contribution in [0.2, 0.25) is 0 Å². The van der Waals surface area contributed by atoms with Crippen LogP contribution in [0.1, 0.15) is 66.8 Å². The minimum absolute atomic E-state index is 0.642. The van der Waals surface area contributed by atoms with Crippen LogP contribution < -0.4 is 0 Å². The van der Waals surface area contributed by atoms with Gasteiger partial charge in [0.05, 0.1) is 33.4 Å². The SMILES string of the molecule is Ic1ccc(C#Cc2c(C#Cc3ccc(I)cc3)c(C#Cc3ccc(I)cc3)c(C#Cc3ccc(I)cc3)c(C#Cc3ccc(I)cc3)c2C#Cc2ccc(I)cc2)cc1. The molecular weight excluding hydrogens is 1410 g/mol. The Kier molecular flexibility index (Phi) is 16.2. The molecule has 0 radical (unpaired) electrons. The van der Waals surface area contributed by atoms with Crippen molar-refractivity contribution < 1.29 is 0 Å². The number of hydrogen-bond donors (Lipinski definition) is 0. The summed E-state index contributed by atoms with van der Waals surface area (Å²) in [5, 5.41) is 0. The molecule has 0 fully saturated rings. The van der Waals surface area contributed by atoms with Crippen LogP contribution in [0.25, 0.3) is 0 Å². The highest BCUT2D eigenvalue weighted by molar-refractivity contribution is 14.1. The smallest absolute Gasteiger partial charge is 0.0588 e. The summed E-state index contributed by atoms with van der Waals surface area (Å²) in [5.74, 6) is 42.1. The Morgan fingerprint density at radius 1 is 0.167 bits per heavy atom. The molecule has 60 heavy (non-hydrogen) atoms. The molecule has 0 bridgehead atoms. The van der Waals surface area contributed by atoms with Crippen molar-refractivity contribution in [2.45, 2.75) is 0 Å². The number of rotatable bonds is 0. The van der Waals surface area contributed by atoms with Gasteiger partial charge in [0.2, 0.25) is 0 Å². The van der Waals surface area contributed by atoms with Gasteiger partial charge in [0, 0.05) is 54.8 Å². The highest BCUT2D eigenvalue weighted by Gasteiger charge is 2.20. The van der Waals surface area contributed by atoms with E-state index in [0.717, 1.165) is 54.8 Å². The number of hydrogen-bond acceptors (Lipinski definition) is 0. The summed E-state index contributed by atoms with van der Waals surface area (Å²) in [6, 6.07) is 49.0. The van der Waals surface area contributed by atoms with Crippen molar-refractivity contribution in [3.8, 4) is 71.0 Å². The Morgan fingerprint density at radius 3 is 0.400 bits per heavy atom. The maximum Gasteiger partial charge on any atom is 0.0588 e. The highest BCUT2D eigenvalue weighted by atomic mass is 127. The first-order valence-electron chi connectivity index (χ1n) is 18.1. The van der Waals surface area contributed by atoms with Gasteiger partial charge in [0.25, 0.3) is 0 Å². The maximum absolute atomic E-state index is 3.56. The highest BCUT2D eigenvalue weighted by Crippen LogP contribution is 2.28. The third-order valence-electron chi connectivity index (χ3n) is 8.56. The zero-order valence-corrected chi connectivity index (χ0v) is 44.1. The van der Waals surface area contributed by atoms with Crippen molar-refractivity contribution in [2.24, 2.45) is 0 Å². The molecule has 7 rings (SSSR count). The van der Waals surface area contributed by atoms with Gasteiger partial charge < -0.3 is 0 Å². The molecule has 0 aromatic heterocycles. The molecule has 7 aromatic rings. The van der Waals surface area contributed by atoms with Gasteiger partial charge in [0.15, 0.2) is 0 Å². The van der Waals surface area contributed by atoms with Crippen LogP contribution in [-0.4, -0.2) is 0 Å². The van der Waals surface area contributed by atoms with Crippen molar-refractivity contribution in [1.82, 2.24) is 0 Å². The Labute approximate surface area is 434 Å². The first-order chi connectivity index (χ1) is 29.2. The summed E-state index contributed by atoms with van der Waals surface area (Å²) < 4.78 is 6.77. The molecule has 0 saturated carbocycles. The van der Waals surface area contributed by atoms with Gasteiger partial charge in [-0.25, -0.2) is 0 Å². The Hall–Kier alpha value is -3.72. The maximum atomic E-state index is 3.56. The number of benzene rings is 7. The predicted octanol–water partition coefficient (Wildman–Crippen LogP) is 13.7.